The van der Waals surface area contributed by atoms with Crippen molar-refractivity contribution in [1.82, 2.24) is 0 Å². The molecule has 0 aliphatic heterocycles. The molecule has 2 aromatic rings. The van der Waals surface area contributed by atoms with Crippen LogP contribution >= 0.6 is 11.6 Å². The molecule has 0 saturated carbocycles. The van der Waals surface area contributed by atoms with Crippen LogP contribution in [0.4, 0.5) is 4.39 Å². The van der Waals surface area contributed by atoms with Gasteiger partial charge in [0.2, 0.25) is 0 Å². The van der Waals surface area contributed by atoms with Crippen molar-refractivity contribution in [2.24, 2.45) is 5.73 Å². The van der Waals surface area contributed by atoms with E-state index in [0.29, 0.717) is 16.3 Å². The van der Waals surface area contributed by atoms with Crippen molar-refractivity contribution in [2.45, 2.75) is 19.6 Å². The smallest absolute Gasteiger partial charge is 0.124 e. The van der Waals surface area contributed by atoms with Crippen LogP contribution in [-0.2, 0) is 6.61 Å². The van der Waals surface area contributed by atoms with Gasteiger partial charge in [0.15, 0.2) is 0 Å². The number of nitriles is 1. The Bertz CT molecular complexity index is 695. The zero-order valence-corrected chi connectivity index (χ0v) is 12.2. The maximum Gasteiger partial charge on any atom is 0.124 e. The Morgan fingerprint density at radius 2 is 2.10 bits per heavy atom. The van der Waals surface area contributed by atoms with Gasteiger partial charge in [-0.3, -0.25) is 0 Å². The summed E-state index contributed by atoms with van der Waals surface area (Å²) >= 11 is 5.94. The van der Waals surface area contributed by atoms with Gasteiger partial charge in [-0.25, -0.2) is 4.39 Å². The number of benzene rings is 2. The minimum atomic E-state index is -0.462. The molecule has 0 spiro atoms. The molecule has 2 aromatic carbocycles. The lowest BCUT2D eigenvalue weighted by molar-refractivity contribution is 0.301. The van der Waals surface area contributed by atoms with Crippen molar-refractivity contribution in [3.8, 4) is 11.8 Å². The molecule has 0 heterocycles. The highest BCUT2D eigenvalue weighted by Gasteiger charge is 2.10. The number of hydrogen-bond acceptors (Lipinski definition) is 3. The number of nitrogens with two attached hydrogens (primary N) is 1. The number of hydrogen-bond donors (Lipinski definition) is 1. The van der Waals surface area contributed by atoms with Gasteiger partial charge in [0.05, 0.1) is 11.6 Å². The Labute approximate surface area is 127 Å². The minimum absolute atomic E-state index is 0.147. The fraction of sp³-hybridized carbons (Fsp3) is 0.188. The first-order valence-corrected chi connectivity index (χ1v) is 6.75. The van der Waals surface area contributed by atoms with Crippen LogP contribution in [0.25, 0.3) is 0 Å². The Morgan fingerprint density at radius 3 is 2.76 bits per heavy atom. The van der Waals surface area contributed by atoms with Crippen LogP contribution in [-0.4, -0.2) is 0 Å². The van der Waals surface area contributed by atoms with Gasteiger partial charge in [-0.15, -0.1) is 0 Å². The second-order valence-corrected chi connectivity index (χ2v) is 5.16. The Kier molecular flexibility index (Phi) is 4.79. The van der Waals surface area contributed by atoms with Crippen molar-refractivity contribution in [3.05, 3.63) is 63.9 Å². The fourth-order valence-electron chi connectivity index (χ4n) is 1.97. The van der Waals surface area contributed by atoms with Crippen molar-refractivity contribution < 1.29 is 9.13 Å². The summed E-state index contributed by atoms with van der Waals surface area (Å²) in [4.78, 5) is 0. The van der Waals surface area contributed by atoms with E-state index >= 15 is 0 Å². The summed E-state index contributed by atoms with van der Waals surface area (Å²) in [5, 5.41) is 9.41. The molecular weight excluding hydrogens is 291 g/mol. The lowest BCUT2D eigenvalue weighted by Gasteiger charge is -2.14. The molecule has 0 aromatic heterocycles. The molecule has 5 heteroatoms. The summed E-state index contributed by atoms with van der Waals surface area (Å²) in [6, 6.07) is 11.0. The highest BCUT2D eigenvalue weighted by Crippen LogP contribution is 2.28. The number of halogens is 2. The minimum Gasteiger partial charge on any atom is -0.489 e. The van der Waals surface area contributed by atoms with E-state index in [0.717, 1.165) is 5.56 Å². The van der Waals surface area contributed by atoms with E-state index in [2.05, 4.69) is 0 Å². The summed E-state index contributed by atoms with van der Waals surface area (Å²) in [5.74, 6) is 0.133. The van der Waals surface area contributed by atoms with Crippen LogP contribution in [0.1, 0.15) is 29.7 Å². The molecule has 2 N–H and O–H groups in total. The molecule has 0 saturated heterocycles. The highest BCUT2D eigenvalue weighted by molar-refractivity contribution is 6.30. The van der Waals surface area contributed by atoms with Crippen molar-refractivity contribution in [2.75, 3.05) is 0 Å². The average molecular weight is 305 g/mol. The number of rotatable bonds is 4. The van der Waals surface area contributed by atoms with Gasteiger partial charge in [0.25, 0.3) is 0 Å². The molecule has 0 aliphatic rings. The van der Waals surface area contributed by atoms with Crippen molar-refractivity contribution in [1.29, 1.82) is 5.26 Å². The molecule has 21 heavy (non-hydrogen) atoms. The van der Waals surface area contributed by atoms with E-state index in [1.54, 1.807) is 24.3 Å². The van der Waals surface area contributed by atoms with E-state index in [-0.39, 0.29) is 18.2 Å². The molecule has 0 fully saturated rings. The summed E-state index contributed by atoms with van der Waals surface area (Å²) in [5.41, 5.74) is 7.50. The van der Waals surface area contributed by atoms with Gasteiger partial charge >= 0.3 is 0 Å². The van der Waals surface area contributed by atoms with Crippen LogP contribution in [0.15, 0.2) is 36.4 Å². The van der Waals surface area contributed by atoms with Crippen molar-refractivity contribution >= 4 is 11.6 Å². The van der Waals surface area contributed by atoms with E-state index in [1.165, 1.54) is 12.1 Å². The third kappa shape index (κ3) is 3.94. The quantitative estimate of drug-likeness (QED) is 0.930. The predicted molar refractivity (Wildman–Crippen MR) is 79.5 cm³/mol. The topological polar surface area (TPSA) is 59.0 Å². The summed E-state index contributed by atoms with van der Waals surface area (Å²) < 4.78 is 19.0. The van der Waals surface area contributed by atoms with Gasteiger partial charge < -0.3 is 10.5 Å². The lowest BCUT2D eigenvalue weighted by Crippen LogP contribution is -2.08. The molecular formula is C16H14ClFN2O. The van der Waals surface area contributed by atoms with Crippen LogP contribution in [0, 0.1) is 17.1 Å². The standard InChI is InChI=1S/C16H14ClFN2O/c1-10(20)15-7-13(17)2-3-16(15)21-9-12-4-11(8-19)5-14(18)6-12/h2-7,10H,9,20H2,1H3/t10-/m0/s1. The van der Waals surface area contributed by atoms with Gasteiger partial charge in [-0.2, -0.15) is 5.26 Å². The van der Waals surface area contributed by atoms with Crippen LogP contribution in [0.2, 0.25) is 5.02 Å². The van der Waals surface area contributed by atoms with Gasteiger partial charge in [0.1, 0.15) is 18.2 Å². The first-order valence-electron chi connectivity index (χ1n) is 6.37. The predicted octanol–water partition coefficient (Wildman–Crippen LogP) is 3.95. The molecule has 2 rings (SSSR count). The van der Waals surface area contributed by atoms with Crippen LogP contribution < -0.4 is 10.5 Å². The summed E-state index contributed by atoms with van der Waals surface area (Å²) in [7, 11) is 0. The van der Waals surface area contributed by atoms with Crippen molar-refractivity contribution in [3.63, 3.8) is 0 Å². The Morgan fingerprint density at radius 1 is 1.33 bits per heavy atom. The molecule has 0 radical (unpaired) electrons. The third-order valence-corrected chi connectivity index (χ3v) is 3.18. The zero-order chi connectivity index (χ0) is 15.4. The summed E-state index contributed by atoms with van der Waals surface area (Å²) in [6.45, 7) is 1.97. The molecule has 3 nitrogen and oxygen atoms in total. The number of ether oxygens (including phenoxy) is 1. The maximum absolute atomic E-state index is 13.4. The molecule has 1 atom stereocenters. The molecule has 0 unspecified atom stereocenters. The monoisotopic (exact) mass is 304 g/mol. The van der Waals surface area contributed by atoms with Crippen LogP contribution in [0.5, 0.6) is 5.75 Å². The second-order valence-electron chi connectivity index (χ2n) is 4.72. The zero-order valence-electron chi connectivity index (χ0n) is 11.4. The lowest BCUT2D eigenvalue weighted by atomic mass is 10.1. The molecule has 0 bridgehead atoms. The van der Waals surface area contributed by atoms with E-state index < -0.39 is 5.82 Å². The Hall–Kier alpha value is -2.09. The van der Waals surface area contributed by atoms with Gasteiger partial charge in [-0.1, -0.05) is 11.6 Å². The second kappa shape index (κ2) is 6.57. The normalized spacial score (nSPS) is 11.8. The molecule has 0 amide bonds. The molecule has 108 valence electrons. The third-order valence-electron chi connectivity index (χ3n) is 2.94. The first kappa shape index (κ1) is 15.3. The fourth-order valence-corrected chi connectivity index (χ4v) is 2.15. The first-order chi connectivity index (χ1) is 9.99. The number of nitrogens with zero attached hydrogens (tertiary/aromatic N) is 1. The van der Waals surface area contributed by atoms with E-state index in [4.69, 9.17) is 27.3 Å². The maximum atomic E-state index is 13.4. The van der Waals surface area contributed by atoms with Crippen LogP contribution in [0.3, 0.4) is 0 Å². The van der Waals surface area contributed by atoms with E-state index in [9.17, 15) is 4.39 Å². The van der Waals surface area contributed by atoms with Gasteiger partial charge in [0, 0.05) is 16.6 Å². The molecule has 0 aliphatic carbocycles. The highest BCUT2D eigenvalue weighted by atomic mass is 35.5. The Balaban J connectivity index is 2.21. The average Bonchev–Trinajstić information content (AvgIpc) is 2.45. The SMILES string of the molecule is C[C@H](N)c1cc(Cl)ccc1OCc1cc(F)cc(C#N)c1. The summed E-state index contributed by atoms with van der Waals surface area (Å²) in [6.07, 6.45) is 0. The largest absolute Gasteiger partial charge is 0.489 e. The van der Waals surface area contributed by atoms with E-state index in [1.807, 2.05) is 13.0 Å². The van der Waals surface area contributed by atoms with Gasteiger partial charge in [-0.05, 0) is 48.9 Å².